The third-order valence-corrected chi connectivity index (χ3v) is 3.62. The largest absolute Gasteiger partial charge is 0.508 e. The van der Waals surface area contributed by atoms with Gasteiger partial charge in [-0.25, -0.2) is 9.59 Å². The van der Waals surface area contributed by atoms with E-state index in [9.17, 15) is 19.5 Å². The topological polar surface area (TPSA) is 129 Å². The van der Waals surface area contributed by atoms with E-state index < -0.39 is 11.7 Å². The standard InChI is InChI=1S/C17H20N2O6/c20-12-4-5-13-11(9-16(22)25-14(13)10-12)8-15(21)18-6-2-1-3-7-19-17(23)24/h4-5,9-10,19-20H,1-3,6-8H2,(H,18,21)(H,23,24). The van der Waals surface area contributed by atoms with E-state index in [0.717, 1.165) is 12.8 Å². The molecule has 25 heavy (non-hydrogen) atoms. The third kappa shape index (κ3) is 5.83. The van der Waals surface area contributed by atoms with Gasteiger partial charge in [-0.05, 0) is 37.0 Å². The average molecular weight is 348 g/mol. The Morgan fingerprint density at radius 2 is 1.76 bits per heavy atom. The molecule has 0 aliphatic rings. The monoisotopic (exact) mass is 348 g/mol. The van der Waals surface area contributed by atoms with Gasteiger partial charge in [-0.15, -0.1) is 0 Å². The molecule has 1 aromatic heterocycles. The van der Waals surface area contributed by atoms with E-state index in [2.05, 4.69) is 10.6 Å². The van der Waals surface area contributed by atoms with Gasteiger partial charge in [-0.3, -0.25) is 4.79 Å². The molecule has 0 fully saturated rings. The number of hydrogen-bond donors (Lipinski definition) is 4. The molecule has 1 heterocycles. The maximum atomic E-state index is 12.0. The van der Waals surface area contributed by atoms with Crippen molar-refractivity contribution in [2.24, 2.45) is 0 Å². The van der Waals surface area contributed by atoms with Crippen LogP contribution in [-0.2, 0) is 11.2 Å². The molecule has 134 valence electrons. The zero-order valence-corrected chi connectivity index (χ0v) is 13.6. The molecule has 0 atom stereocenters. The lowest BCUT2D eigenvalue weighted by atomic mass is 10.1. The van der Waals surface area contributed by atoms with Crippen molar-refractivity contribution in [1.29, 1.82) is 0 Å². The van der Waals surface area contributed by atoms with E-state index in [-0.39, 0.29) is 23.7 Å². The van der Waals surface area contributed by atoms with Crippen LogP contribution in [0.5, 0.6) is 5.75 Å². The van der Waals surface area contributed by atoms with Crippen LogP contribution in [0.15, 0.2) is 33.5 Å². The minimum absolute atomic E-state index is 0.0189. The fourth-order valence-electron chi connectivity index (χ4n) is 2.45. The molecule has 0 aliphatic carbocycles. The van der Waals surface area contributed by atoms with E-state index in [1.807, 2.05) is 0 Å². The fourth-order valence-corrected chi connectivity index (χ4v) is 2.45. The molecule has 0 bridgehead atoms. The number of rotatable bonds is 8. The predicted octanol–water partition coefficient (Wildman–Crippen LogP) is 1.60. The number of unbranched alkanes of at least 4 members (excludes halogenated alkanes) is 2. The second-order valence-electron chi connectivity index (χ2n) is 5.59. The number of phenols is 1. The molecule has 0 saturated heterocycles. The molecule has 1 aromatic carbocycles. The number of amides is 2. The maximum Gasteiger partial charge on any atom is 0.404 e. The summed E-state index contributed by atoms with van der Waals surface area (Å²) in [6.07, 6.45) is 1.22. The van der Waals surface area contributed by atoms with Gasteiger partial charge in [0.05, 0.1) is 6.42 Å². The van der Waals surface area contributed by atoms with Crippen LogP contribution < -0.4 is 16.3 Å². The molecule has 0 saturated carbocycles. The van der Waals surface area contributed by atoms with Crippen LogP contribution in [-0.4, -0.2) is 35.3 Å². The Labute approximate surface area is 143 Å². The normalized spacial score (nSPS) is 10.6. The van der Waals surface area contributed by atoms with E-state index >= 15 is 0 Å². The van der Waals surface area contributed by atoms with Crippen molar-refractivity contribution in [1.82, 2.24) is 10.6 Å². The van der Waals surface area contributed by atoms with Crippen molar-refractivity contribution >= 4 is 23.0 Å². The first kappa shape index (κ1) is 18.3. The first-order valence-electron chi connectivity index (χ1n) is 7.95. The number of carbonyl (C=O) groups is 2. The van der Waals surface area contributed by atoms with E-state index in [1.165, 1.54) is 18.2 Å². The molecule has 0 unspecified atom stereocenters. The number of nitrogens with one attached hydrogen (secondary N) is 2. The van der Waals surface area contributed by atoms with Gasteiger partial charge in [0.25, 0.3) is 0 Å². The van der Waals surface area contributed by atoms with Crippen molar-refractivity contribution in [3.05, 3.63) is 40.2 Å². The van der Waals surface area contributed by atoms with Gasteiger partial charge >= 0.3 is 11.7 Å². The van der Waals surface area contributed by atoms with Crippen molar-refractivity contribution in [2.75, 3.05) is 13.1 Å². The summed E-state index contributed by atoms with van der Waals surface area (Å²) in [5.41, 5.74) is 0.197. The van der Waals surface area contributed by atoms with Crippen LogP contribution in [0.1, 0.15) is 24.8 Å². The molecule has 0 spiro atoms. The van der Waals surface area contributed by atoms with Crippen molar-refractivity contribution < 1.29 is 24.2 Å². The molecule has 2 amide bonds. The predicted molar refractivity (Wildman–Crippen MR) is 90.7 cm³/mol. The van der Waals surface area contributed by atoms with Gasteiger partial charge in [-0.1, -0.05) is 0 Å². The summed E-state index contributed by atoms with van der Waals surface area (Å²) in [5.74, 6) is -0.238. The van der Waals surface area contributed by atoms with Gasteiger partial charge in [0.1, 0.15) is 11.3 Å². The minimum Gasteiger partial charge on any atom is -0.508 e. The summed E-state index contributed by atoms with van der Waals surface area (Å²) in [4.78, 5) is 33.9. The number of carbonyl (C=O) groups excluding carboxylic acids is 1. The molecule has 8 nitrogen and oxygen atoms in total. The Morgan fingerprint density at radius 3 is 2.48 bits per heavy atom. The lowest BCUT2D eigenvalue weighted by molar-refractivity contribution is -0.120. The highest BCUT2D eigenvalue weighted by atomic mass is 16.4. The van der Waals surface area contributed by atoms with Crippen molar-refractivity contribution in [2.45, 2.75) is 25.7 Å². The lowest BCUT2D eigenvalue weighted by Crippen LogP contribution is -2.27. The maximum absolute atomic E-state index is 12.0. The van der Waals surface area contributed by atoms with Gasteiger partial charge in [0.2, 0.25) is 5.91 Å². The summed E-state index contributed by atoms with van der Waals surface area (Å²) in [5, 5.41) is 23.5. The van der Waals surface area contributed by atoms with Crippen LogP contribution in [0.25, 0.3) is 11.0 Å². The van der Waals surface area contributed by atoms with Crippen molar-refractivity contribution in [3.8, 4) is 5.75 Å². The van der Waals surface area contributed by atoms with Crippen molar-refractivity contribution in [3.63, 3.8) is 0 Å². The Kier molecular flexibility index (Phi) is 6.39. The van der Waals surface area contributed by atoms with Crippen LogP contribution in [0, 0.1) is 0 Å². The zero-order valence-electron chi connectivity index (χ0n) is 13.6. The van der Waals surface area contributed by atoms with Crippen LogP contribution in [0.4, 0.5) is 4.79 Å². The van der Waals surface area contributed by atoms with Gasteiger partial charge in [0.15, 0.2) is 0 Å². The van der Waals surface area contributed by atoms with Crippen LogP contribution >= 0.6 is 0 Å². The van der Waals surface area contributed by atoms with Crippen LogP contribution in [0.3, 0.4) is 0 Å². The highest BCUT2D eigenvalue weighted by Gasteiger charge is 2.10. The highest BCUT2D eigenvalue weighted by Crippen LogP contribution is 2.22. The Hall–Kier alpha value is -3.03. The number of fused-ring (bicyclic) bond motifs is 1. The Morgan fingerprint density at radius 1 is 1.04 bits per heavy atom. The van der Waals surface area contributed by atoms with Gasteiger partial charge < -0.3 is 25.3 Å². The van der Waals surface area contributed by atoms with Gasteiger partial charge in [0, 0.05) is 30.6 Å². The zero-order chi connectivity index (χ0) is 18.2. The number of benzene rings is 1. The van der Waals surface area contributed by atoms with Crippen LogP contribution in [0.2, 0.25) is 0 Å². The molecule has 0 aliphatic heterocycles. The second-order valence-corrected chi connectivity index (χ2v) is 5.59. The molecule has 0 radical (unpaired) electrons. The molecule has 8 heteroatoms. The minimum atomic E-state index is -1.04. The summed E-state index contributed by atoms with van der Waals surface area (Å²) in [7, 11) is 0. The highest BCUT2D eigenvalue weighted by molar-refractivity contribution is 5.87. The summed E-state index contributed by atoms with van der Waals surface area (Å²) in [6.45, 7) is 0.869. The number of hydrogen-bond acceptors (Lipinski definition) is 5. The quantitative estimate of drug-likeness (QED) is 0.423. The average Bonchev–Trinajstić information content (AvgIpc) is 2.53. The van der Waals surface area contributed by atoms with E-state index in [1.54, 1.807) is 6.07 Å². The van der Waals surface area contributed by atoms with Gasteiger partial charge in [-0.2, -0.15) is 0 Å². The molecular weight excluding hydrogens is 328 g/mol. The molecule has 2 rings (SSSR count). The summed E-state index contributed by atoms with van der Waals surface area (Å²) >= 11 is 0. The summed E-state index contributed by atoms with van der Waals surface area (Å²) < 4.78 is 5.02. The SMILES string of the molecule is O=C(O)NCCCCCNC(=O)Cc1cc(=O)oc2cc(O)ccc12. The first-order valence-corrected chi connectivity index (χ1v) is 7.95. The number of phenolic OH excluding ortho intramolecular Hbond substituents is 1. The third-order valence-electron chi connectivity index (χ3n) is 3.62. The molecule has 4 N–H and O–H groups in total. The molecule has 2 aromatic rings. The fraction of sp³-hybridized carbons (Fsp3) is 0.353. The first-order chi connectivity index (χ1) is 12.0. The smallest absolute Gasteiger partial charge is 0.404 e. The number of aromatic hydroxyl groups is 1. The van der Waals surface area contributed by atoms with E-state index in [0.29, 0.717) is 30.5 Å². The summed E-state index contributed by atoms with van der Waals surface area (Å²) in [6, 6.07) is 5.68. The molecular formula is C17H20N2O6. The Balaban J connectivity index is 1.84. The lowest BCUT2D eigenvalue weighted by Gasteiger charge is -2.07. The Bertz CT molecular complexity index is 814. The second kappa shape index (κ2) is 8.72. The van der Waals surface area contributed by atoms with E-state index in [4.69, 9.17) is 9.52 Å². The number of carboxylic acid groups (broad SMARTS) is 1.